The van der Waals surface area contributed by atoms with E-state index in [0.717, 1.165) is 37.6 Å². The van der Waals surface area contributed by atoms with E-state index in [2.05, 4.69) is 30.5 Å². The van der Waals surface area contributed by atoms with Crippen LogP contribution in [0.4, 0.5) is 0 Å². The molecule has 0 aliphatic carbocycles. The van der Waals surface area contributed by atoms with Gasteiger partial charge in [0.1, 0.15) is 12.7 Å². The van der Waals surface area contributed by atoms with Gasteiger partial charge < -0.3 is 0 Å². The zero-order chi connectivity index (χ0) is 16.2. The minimum absolute atomic E-state index is 0.432. The van der Waals surface area contributed by atoms with Crippen molar-refractivity contribution in [1.82, 2.24) is 39.9 Å². The van der Waals surface area contributed by atoms with E-state index in [9.17, 15) is 0 Å². The van der Waals surface area contributed by atoms with E-state index in [0.29, 0.717) is 6.04 Å². The third-order valence-corrected chi connectivity index (χ3v) is 4.49. The summed E-state index contributed by atoms with van der Waals surface area (Å²) in [6.45, 7) is 2.65. The van der Waals surface area contributed by atoms with Gasteiger partial charge in [-0.2, -0.15) is 9.78 Å². The molecule has 1 aliphatic rings. The second kappa shape index (κ2) is 6.88. The van der Waals surface area contributed by atoms with Gasteiger partial charge in [0.05, 0.1) is 18.8 Å². The predicted octanol–water partition coefficient (Wildman–Crippen LogP) is 1.31. The lowest BCUT2D eigenvalue weighted by atomic mass is 10.0. The molecule has 1 saturated heterocycles. The van der Waals surface area contributed by atoms with Crippen LogP contribution in [0.2, 0.25) is 0 Å². The molecule has 1 aromatic carbocycles. The van der Waals surface area contributed by atoms with Crippen molar-refractivity contribution in [2.45, 2.75) is 38.4 Å². The molecule has 8 heteroatoms. The fourth-order valence-electron chi connectivity index (χ4n) is 3.27. The van der Waals surface area contributed by atoms with E-state index in [1.807, 2.05) is 39.7 Å². The molecule has 3 heterocycles. The van der Waals surface area contributed by atoms with Gasteiger partial charge in [-0.05, 0) is 41.9 Å². The molecule has 1 aliphatic heterocycles. The summed E-state index contributed by atoms with van der Waals surface area (Å²) in [5, 5.41) is 16.5. The van der Waals surface area contributed by atoms with Gasteiger partial charge in [-0.15, -0.1) is 5.10 Å². The van der Waals surface area contributed by atoms with Crippen molar-refractivity contribution in [2.24, 2.45) is 0 Å². The zero-order valence-corrected chi connectivity index (χ0v) is 13.4. The molecule has 0 N–H and O–H groups in total. The SMILES string of the molecule is c1ccc(-n2nnnc2CN2CCCC[C@@H]2Cn2cncn2)cc1. The highest BCUT2D eigenvalue weighted by molar-refractivity contribution is 5.30. The Morgan fingerprint density at radius 3 is 2.88 bits per heavy atom. The number of nitrogens with zero attached hydrogens (tertiary/aromatic N) is 8. The van der Waals surface area contributed by atoms with Gasteiger partial charge in [0.15, 0.2) is 5.82 Å². The van der Waals surface area contributed by atoms with Crippen molar-refractivity contribution in [2.75, 3.05) is 6.54 Å². The van der Waals surface area contributed by atoms with Crippen LogP contribution in [0.1, 0.15) is 25.1 Å². The quantitative estimate of drug-likeness (QED) is 0.704. The first-order chi connectivity index (χ1) is 11.9. The first-order valence-electron chi connectivity index (χ1n) is 8.29. The average Bonchev–Trinajstić information content (AvgIpc) is 3.29. The molecule has 0 amide bonds. The van der Waals surface area contributed by atoms with Gasteiger partial charge in [-0.1, -0.05) is 24.6 Å². The fraction of sp³-hybridized carbons (Fsp3) is 0.438. The van der Waals surface area contributed by atoms with E-state index < -0.39 is 0 Å². The van der Waals surface area contributed by atoms with Crippen LogP contribution in [-0.2, 0) is 13.1 Å². The molecular weight excluding hydrogens is 304 g/mol. The first kappa shape index (κ1) is 14.9. The summed E-state index contributed by atoms with van der Waals surface area (Å²) < 4.78 is 3.73. The summed E-state index contributed by atoms with van der Waals surface area (Å²) in [7, 11) is 0. The van der Waals surface area contributed by atoms with Crippen molar-refractivity contribution in [3.05, 3.63) is 48.8 Å². The van der Waals surface area contributed by atoms with Crippen LogP contribution in [0, 0.1) is 0 Å². The zero-order valence-electron chi connectivity index (χ0n) is 13.4. The van der Waals surface area contributed by atoms with Gasteiger partial charge >= 0.3 is 0 Å². The van der Waals surface area contributed by atoms with E-state index in [1.54, 1.807) is 12.7 Å². The molecule has 1 atom stereocenters. The van der Waals surface area contributed by atoms with Gasteiger partial charge in [-0.3, -0.25) is 9.58 Å². The van der Waals surface area contributed by atoms with Crippen molar-refractivity contribution < 1.29 is 0 Å². The number of para-hydroxylation sites is 1. The normalized spacial score (nSPS) is 18.8. The van der Waals surface area contributed by atoms with Crippen molar-refractivity contribution >= 4 is 0 Å². The van der Waals surface area contributed by atoms with E-state index >= 15 is 0 Å². The van der Waals surface area contributed by atoms with Crippen molar-refractivity contribution in [3.63, 3.8) is 0 Å². The summed E-state index contributed by atoms with van der Waals surface area (Å²) in [6, 6.07) is 10.4. The van der Waals surface area contributed by atoms with Crippen molar-refractivity contribution in [3.8, 4) is 5.69 Å². The number of tetrazole rings is 1. The van der Waals surface area contributed by atoms with Crippen LogP contribution in [0.15, 0.2) is 43.0 Å². The highest BCUT2D eigenvalue weighted by Gasteiger charge is 2.25. The first-order valence-corrected chi connectivity index (χ1v) is 8.29. The van der Waals surface area contributed by atoms with Crippen LogP contribution in [0.3, 0.4) is 0 Å². The smallest absolute Gasteiger partial charge is 0.170 e. The molecular formula is C16H20N8. The van der Waals surface area contributed by atoms with Crippen LogP contribution < -0.4 is 0 Å². The summed E-state index contributed by atoms with van der Waals surface area (Å²) in [5.74, 6) is 0.867. The minimum atomic E-state index is 0.432. The monoisotopic (exact) mass is 324 g/mol. The molecule has 4 rings (SSSR count). The van der Waals surface area contributed by atoms with Gasteiger partial charge in [0, 0.05) is 6.04 Å². The van der Waals surface area contributed by atoms with E-state index in [1.165, 1.54) is 12.8 Å². The molecule has 0 saturated carbocycles. The largest absolute Gasteiger partial charge is 0.291 e. The third kappa shape index (κ3) is 3.18. The van der Waals surface area contributed by atoms with Gasteiger partial charge in [0.25, 0.3) is 0 Å². The van der Waals surface area contributed by atoms with Gasteiger partial charge in [-0.25, -0.2) is 4.98 Å². The lowest BCUT2D eigenvalue weighted by molar-refractivity contribution is 0.118. The molecule has 0 bridgehead atoms. The Morgan fingerprint density at radius 1 is 1.12 bits per heavy atom. The molecule has 0 unspecified atom stereocenters. The number of likely N-dealkylation sites (tertiary alicyclic amines) is 1. The summed E-state index contributed by atoms with van der Waals surface area (Å²) in [4.78, 5) is 6.49. The molecule has 124 valence electrons. The van der Waals surface area contributed by atoms with E-state index in [4.69, 9.17) is 0 Å². The number of rotatable bonds is 5. The van der Waals surface area contributed by atoms with Crippen LogP contribution in [-0.4, -0.2) is 52.5 Å². The second-order valence-corrected chi connectivity index (χ2v) is 6.08. The Balaban J connectivity index is 1.52. The maximum absolute atomic E-state index is 4.24. The number of hydrogen-bond acceptors (Lipinski definition) is 6. The number of benzene rings is 1. The Labute approximate surface area is 140 Å². The molecule has 1 fully saturated rings. The lowest BCUT2D eigenvalue weighted by Gasteiger charge is -2.35. The van der Waals surface area contributed by atoms with Gasteiger partial charge in [0.2, 0.25) is 0 Å². The Hall–Kier alpha value is -2.61. The van der Waals surface area contributed by atoms with Crippen LogP contribution in [0.25, 0.3) is 5.69 Å². The topological polar surface area (TPSA) is 77.5 Å². The minimum Gasteiger partial charge on any atom is -0.291 e. The highest BCUT2D eigenvalue weighted by Crippen LogP contribution is 2.21. The standard InChI is InChI=1S/C16H20N8/c1-2-6-14(7-3-1)24-16(19-20-21-24)11-22-9-5-4-8-15(22)10-23-13-17-12-18-23/h1-3,6-7,12-13,15H,4-5,8-11H2/t15-/m1/s1. The second-order valence-electron chi connectivity index (χ2n) is 6.08. The Bertz CT molecular complexity index is 752. The summed E-state index contributed by atoms with van der Waals surface area (Å²) in [5.41, 5.74) is 0.988. The average molecular weight is 324 g/mol. The fourth-order valence-corrected chi connectivity index (χ4v) is 3.27. The number of hydrogen-bond donors (Lipinski definition) is 0. The summed E-state index contributed by atoms with van der Waals surface area (Å²) in [6.07, 6.45) is 6.98. The van der Waals surface area contributed by atoms with Crippen LogP contribution in [0.5, 0.6) is 0 Å². The highest BCUT2D eigenvalue weighted by atomic mass is 15.5. The molecule has 2 aromatic heterocycles. The molecule has 24 heavy (non-hydrogen) atoms. The van der Waals surface area contributed by atoms with E-state index in [-0.39, 0.29) is 0 Å². The maximum Gasteiger partial charge on any atom is 0.170 e. The Kier molecular flexibility index (Phi) is 4.28. The van der Waals surface area contributed by atoms with Crippen molar-refractivity contribution in [1.29, 1.82) is 0 Å². The third-order valence-electron chi connectivity index (χ3n) is 4.49. The lowest BCUT2D eigenvalue weighted by Crippen LogP contribution is -2.42. The number of aromatic nitrogens is 7. The molecule has 0 spiro atoms. The Morgan fingerprint density at radius 2 is 2.04 bits per heavy atom. The summed E-state index contributed by atoms with van der Waals surface area (Å²) >= 11 is 0. The molecule has 3 aromatic rings. The molecule has 8 nitrogen and oxygen atoms in total. The number of piperidine rings is 1. The van der Waals surface area contributed by atoms with Crippen LogP contribution >= 0.6 is 0 Å². The predicted molar refractivity (Wildman–Crippen MR) is 87.2 cm³/mol. The maximum atomic E-state index is 4.24. The molecule has 0 radical (unpaired) electrons.